The predicted molar refractivity (Wildman–Crippen MR) is 74.4 cm³/mol. The Morgan fingerprint density at radius 2 is 1.80 bits per heavy atom. The first-order chi connectivity index (χ1) is 9.36. The highest BCUT2D eigenvalue weighted by Gasteiger charge is 2.30. The lowest BCUT2D eigenvalue weighted by Gasteiger charge is -2.30. The molecule has 1 N–H and O–H groups in total. The van der Waals surface area contributed by atoms with E-state index in [1.807, 2.05) is 6.92 Å². The quantitative estimate of drug-likeness (QED) is 0.830. The van der Waals surface area contributed by atoms with Crippen LogP contribution in [0.15, 0.2) is 24.3 Å². The standard InChI is InChI=1S/C16H22F3N/c1-11-6-8-15(9-7-11)20-12(2)13-4-3-5-14(10-13)16(17,18)19/h3-5,10-12,15,20H,6-9H2,1-2H3. The molecule has 0 radical (unpaired) electrons. The van der Waals surface area contributed by atoms with Gasteiger partial charge in [0.25, 0.3) is 0 Å². The average molecular weight is 285 g/mol. The van der Waals surface area contributed by atoms with E-state index in [-0.39, 0.29) is 6.04 Å². The highest BCUT2D eigenvalue weighted by molar-refractivity contribution is 5.27. The van der Waals surface area contributed by atoms with Crippen LogP contribution >= 0.6 is 0 Å². The van der Waals surface area contributed by atoms with Crippen LogP contribution in [-0.2, 0) is 6.18 Å². The van der Waals surface area contributed by atoms with Crippen LogP contribution in [0, 0.1) is 5.92 Å². The van der Waals surface area contributed by atoms with Gasteiger partial charge in [-0.2, -0.15) is 13.2 Å². The zero-order valence-electron chi connectivity index (χ0n) is 12.0. The first-order valence-electron chi connectivity index (χ1n) is 7.29. The molecule has 0 aromatic heterocycles. The second-order valence-corrected chi connectivity index (χ2v) is 5.97. The Hall–Kier alpha value is -1.03. The van der Waals surface area contributed by atoms with Crippen LogP contribution in [0.2, 0.25) is 0 Å². The zero-order valence-corrected chi connectivity index (χ0v) is 12.0. The molecule has 20 heavy (non-hydrogen) atoms. The van der Waals surface area contributed by atoms with Gasteiger partial charge in [-0.15, -0.1) is 0 Å². The summed E-state index contributed by atoms with van der Waals surface area (Å²) in [6, 6.07) is 6.01. The summed E-state index contributed by atoms with van der Waals surface area (Å²) in [6.07, 6.45) is 0.366. The Morgan fingerprint density at radius 1 is 1.15 bits per heavy atom. The van der Waals surface area contributed by atoms with Gasteiger partial charge in [-0.3, -0.25) is 0 Å². The van der Waals surface area contributed by atoms with Gasteiger partial charge >= 0.3 is 6.18 Å². The van der Waals surface area contributed by atoms with Crippen LogP contribution in [0.3, 0.4) is 0 Å². The van der Waals surface area contributed by atoms with E-state index in [1.54, 1.807) is 6.07 Å². The lowest BCUT2D eigenvalue weighted by atomic mass is 9.87. The van der Waals surface area contributed by atoms with Crippen molar-refractivity contribution in [1.82, 2.24) is 5.32 Å². The molecule has 0 heterocycles. The lowest BCUT2D eigenvalue weighted by Crippen LogP contribution is -2.34. The minimum absolute atomic E-state index is 0.0456. The van der Waals surface area contributed by atoms with Gasteiger partial charge in [-0.25, -0.2) is 0 Å². The summed E-state index contributed by atoms with van der Waals surface area (Å²) in [6.45, 7) is 4.19. The van der Waals surface area contributed by atoms with Gasteiger partial charge in [-0.05, 0) is 56.2 Å². The van der Waals surface area contributed by atoms with Gasteiger partial charge in [-0.1, -0.05) is 19.1 Å². The fourth-order valence-corrected chi connectivity index (χ4v) is 2.86. The molecule has 2 rings (SSSR count). The van der Waals surface area contributed by atoms with Crippen LogP contribution < -0.4 is 5.32 Å². The maximum absolute atomic E-state index is 12.7. The first-order valence-corrected chi connectivity index (χ1v) is 7.29. The van der Waals surface area contributed by atoms with E-state index in [9.17, 15) is 13.2 Å². The molecule has 4 heteroatoms. The number of nitrogens with one attached hydrogen (secondary N) is 1. The molecular weight excluding hydrogens is 263 g/mol. The lowest BCUT2D eigenvalue weighted by molar-refractivity contribution is -0.137. The molecule has 0 amide bonds. The molecule has 0 aliphatic heterocycles. The van der Waals surface area contributed by atoms with Crippen LogP contribution in [0.4, 0.5) is 13.2 Å². The molecule has 1 aliphatic rings. The van der Waals surface area contributed by atoms with Gasteiger partial charge in [0.1, 0.15) is 0 Å². The summed E-state index contributed by atoms with van der Waals surface area (Å²) < 4.78 is 38.1. The van der Waals surface area contributed by atoms with Crippen LogP contribution in [0.25, 0.3) is 0 Å². The second kappa shape index (κ2) is 6.17. The highest BCUT2D eigenvalue weighted by Crippen LogP contribution is 2.31. The summed E-state index contributed by atoms with van der Waals surface area (Å²) in [5.74, 6) is 0.775. The Morgan fingerprint density at radius 3 is 2.40 bits per heavy atom. The maximum Gasteiger partial charge on any atom is 0.416 e. The molecule has 1 atom stereocenters. The van der Waals surface area contributed by atoms with Crippen molar-refractivity contribution in [3.8, 4) is 0 Å². The fraction of sp³-hybridized carbons (Fsp3) is 0.625. The van der Waals surface area contributed by atoms with Crippen LogP contribution in [-0.4, -0.2) is 6.04 Å². The Kier molecular flexibility index (Phi) is 4.74. The Balaban J connectivity index is 2.00. The third-order valence-electron chi connectivity index (χ3n) is 4.22. The van der Waals surface area contributed by atoms with Crippen molar-refractivity contribution in [2.24, 2.45) is 5.92 Å². The summed E-state index contributed by atoms with van der Waals surface area (Å²) >= 11 is 0. The maximum atomic E-state index is 12.7. The predicted octanol–water partition coefficient (Wildman–Crippen LogP) is 4.93. The molecule has 0 saturated heterocycles. The summed E-state index contributed by atoms with van der Waals surface area (Å²) in [5, 5.41) is 3.47. The molecule has 112 valence electrons. The summed E-state index contributed by atoms with van der Waals surface area (Å²) in [5.41, 5.74) is 0.138. The molecule has 1 aromatic rings. The van der Waals surface area contributed by atoms with Crippen molar-refractivity contribution in [3.05, 3.63) is 35.4 Å². The largest absolute Gasteiger partial charge is 0.416 e. The summed E-state index contributed by atoms with van der Waals surface area (Å²) in [7, 11) is 0. The number of alkyl halides is 3. The monoisotopic (exact) mass is 285 g/mol. The van der Waals surface area contributed by atoms with E-state index in [0.717, 1.165) is 24.8 Å². The zero-order chi connectivity index (χ0) is 14.8. The van der Waals surface area contributed by atoms with Crippen molar-refractivity contribution in [2.45, 2.75) is 57.8 Å². The third-order valence-corrected chi connectivity index (χ3v) is 4.22. The van der Waals surface area contributed by atoms with E-state index in [4.69, 9.17) is 0 Å². The van der Waals surface area contributed by atoms with Crippen molar-refractivity contribution in [1.29, 1.82) is 0 Å². The topological polar surface area (TPSA) is 12.0 Å². The molecule has 0 bridgehead atoms. The molecule has 1 unspecified atom stereocenters. The SMILES string of the molecule is CC1CCC(NC(C)c2cccc(C(F)(F)F)c2)CC1. The van der Waals surface area contributed by atoms with Gasteiger partial charge < -0.3 is 5.32 Å². The van der Waals surface area contributed by atoms with Gasteiger partial charge in [0.05, 0.1) is 5.56 Å². The van der Waals surface area contributed by atoms with Gasteiger partial charge in [0.15, 0.2) is 0 Å². The van der Waals surface area contributed by atoms with E-state index in [0.29, 0.717) is 11.6 Å². The first kappa shape index (κ1) is 15.4. The Labute approximate surface area is 118 Å². The van der Waals surface area contributed by atoms with Crippen LogP contribution in [0.5, 0.6) is 0 Å². The normalized spacial score (nSPS) is 25.4. The van der Waals surface area contributed by atoms with Crippen molar-refractivity contribution in [3.63, 3.8) is 0 Å². The van der Waals surface area contributed by atoms with Crippen molar-refractivity contribution in [2.75, 3.05) is 0 Å². The molecular formula is C16H22F3N. The van der Waals surface area contributed by atoms with E-state index < -0.39 is 11.7 Å². The average Bonchev–Trinajstić information content (AvgIpc) is 2.40. The van der Waals surface area contributed by atoms with E-state index >= 15 is 0 Å². The summed E-state index contributed by atoms with van der Waals surface area (Å²) in [4.78, 5) is 0. The molecule has 1 aromatic carbocycles. The van der Waals surface area contributed by atoms with Crippen LogP contribution in [0.1, 0.15) is 56.7 Å². The number of halogens is 3. The van der Waals surface area contributed by atoms with Gasteiger partial charge in [0.2, 0.25) is 0 Å². The fourth-order valence-electron chi connectivity index (χ4n) is 2.86. The number of benzene rings is 1. The molecule has 0 spiro atoms. The highest BCUT2D eigenvalue weighted by atomic mass is 19.4. The van der Waals surface area contributed by atoms with Crippen molar-refractivity contribution < 1.29 is 13.2 Å². The number of hydrogen-bond donors (Lipinski definition) is 1. The van der Waals surface area contributed by atoms with E-state index in [1.165, 1.54) is 25.0 Å². The molecule has 1 saturated carbocycles. The minimum Gasteiger partial charge on any atom is -0.307 e. The van der Waals surface area contributed by atoms with Gasteiger partial charge in [0, 0.05) is 12.1 Å². The van der Waals surface area contributed by atoms with Crippen molar-refractivity contribution >= 4 is 0 Å². The second-order valence-electron chi connectivity index (χ2n) is 5.97. The minimum atomic E-state index is -4.27. The molecule has 1 nitrogen and oxygen atoms in total. The number of rotatable bonds is 3. The number of hydrogen-bond acceptors (Lipinski definition) is 1. The smallest absolute Gasteiger partial charge is 0.307 e. The van der Waals surface area contributed by atoms with E-state index in [2.05, 4.69) is 12.2 Å². The molecule has 1 fully saturated rings. The Bertz CT molecular complexity index is 434. The molecule has 1 aliphatic carbocycles. The third kappa shape index (κ3) is 3.98.